The second-order valence-corrected chi connectivity index (χ2v) is 8.18. The zero-order valence-corrected chi connectivity index (χ0v) is 17.1. The molecule has 0 N–H and O–H groups in total. The number of para-hydroxylation sites is 1. The van der Waals surface area contributed by atoms with E-state index in [1.54, 1.807) is 24.3 Å². The van der Waals surface area contributed by atoms with Crippen molar-refractivity contribution in [2.24, 2.45) is 16.4 Å². The van der Waals surface area contributed by atoms with E-state index in [0.29, 0.717) is 22.0 Å². The number of amides is 1. The van der Waals surface area contributed by atoms with Crippen LogP contribution in [-0.2, 0) is 4.79 Å². The first-order chi connectivity index (χ1) is 14.5. The molecule has 0 radical (unpaired) electrons. The number of carbonyl (C=O) groups excluding carboxylic acids is 2. The SMILES string of the molecule is CC1=NN(c2ccccc2)C(=O)[C@]12[C@@H](C(=O)c1ccccc1)[C@@H]2c1ccc(Cl)cc1. The minimum atomic E-state index is -0.962. The number of hydrogen-bond acceptors (Lipinski definition) is 3. The molecule has 4 nitrogen and oxygen atoms in total. The third-order valence-electron chi connectivity index (χ3n) is 6.17. The van der Waals surface area contributed by atoms with Crippen LogP contribution in [0.3, 0.4) is 0 Å². The van der Waals surface area contributed by atoms with Gasteiger partial charge in [0, 0.05) is 16.5 Å². The molecule has 0 unspecified atom stereocenters. The lowest BCUT2D eigenvalue weighted by atomic mass is 9.92. The molecular formula is C25H19ClN2O2. The molecule has 0 saturated heterocycles. The normalized spacial score (nSPS) is 24.8. The molecule has 5 rings (SSSR count). The van der Waals surface area contributed by atoms with Crippen LogP contribution in [0.5, 0.6) is 0 Å². The van der Waals surface area contributed by atoms with Gasteiger partial charge in [-0.3, -0.25) is 9.59 Å². The van der Waals surface area contributed by atoms with Crippen molar-refractivity contribution in [3.8, 4) is 0 Å². The first kappa shape index (κ1) is 18.8. The van der Waals surface area contributed by atoms with Gasteiger partial charge in [-0.2, -0.15) is 10.1 Å². The van der Waals surface area contributed by atoms with Crippen LogP contribution in [-0.4, -0.2) is 17.4 Å². The maximum absolute atomic E-state index is 13.7. The molecule has 3 aromatic rings. The third kappa shape index (κ3) is 2.64. The van der Waals surface area contributed by atoms with Gasteiger partial charge in [-0.05, 0) is 36.8 Å². The fourth-order valence-corrected chi connectivity index (χ4v) is 4.85. The van der Waals surface area contributed by atoms with Crippen LogP contribution in [0.25, 0.3) is 0 Å². The van der Waals surface area contributed by atoms with Crippen molar-refractivity contribution in [1.82, 2.24) is 0 Å². The van der Waals surface area contributed by atoms with E-state index in [1.807, 2.05) is 67.6 Å². The number of carbonyl (C=O) groups is 2. The van der Waals surface area contributed by atoms with Gasteiger partial charge >= 0.3 is 0 Å². The zero-order chi connectivity index (χ0) is 20.9. The Balaban J connectivity index is 1.60. The first-order valence-electron chi connectivity index (χ1n) is 9.85. The average Bonchev–Trinajstić information content (AvgIpc) is 3.42. The van der Waals surface area contributed by atoms with Crippen LogP contribution in [0, 0.1) is 11.3 Å². The Morgan fingerprint density at radius 1 is 0.933 bits per heavy atom. The highest BCUT2D eigenvalue weighted by atomic mass is 35.5. The van der Waals surface area contributed by atoms with E-state index in [1.165, 1.54) is 5.01 Å². The average molecular weight is 415 g/mol. The summed E-state index contributed by atoms with van der Waals surface area (Å²) in [5.41, 5.74) is 1.94. The number of rotatable bonds is 4. The molecule has 1 heterocycles. The lowest BCUT2D eigenvalue weighted by molar-refractivity contribution is -0.121. The summed E-state index contributed by atoms with van der Waals surface area (Å²) >= 11 is 6.08. The quantitative estimate of drug-likeness (QED) is 0.540. The van der Waals surface area contributed by atoms with Gasteiger partial charge in [-0.1, -0.05) is 72.3 Å². The van der Waals surface area contributed by atoms with Crippen molar-refractivity contribution >= 4 is 34.7 Å². The van der Waals surface area contributed by atoms with Crippen LogP contribution in [0.1, 0.15) is 28.8 Å². The molecule has 1 aliphatic heterocycles. The Morgan fingerprint density at radius 3 is 2.17 bits per heavy atom. The molecule has 3 atom stereocenters. The summed E-state index contributed by atoms with van der Waals surface area (Å²) in [7, 11) is 0. The van der Waals surface area contributed by atoms with Crippen molar-refractivity contribution in [3.63, 3.8) is 0 Å². The fraction of sp³-hybridized carbons (Fsp3) is 0.160. The van der Waals surface area contributed by atoms with Crippen LogP contribution in [0.2, 0.25) is 5.02 Å². The summed E-state index contributed by atoms with van der Waals surface area (Å²) in [6.45, 7) is 1.85. The number of ketones is 1. The van der Waals surface area contributed by atoms with Gasteiger partial charge < -0.3 is 0 Å². The Labute approximate surface area is 179 Å². The molecule has 3 aromatic carbocycles. The van der Waals surface area contributed by atoms with Crippen LogP contribution >= 0.6 is 11.6 Å². The molecule has 1 saturated carbocycles. The van der Waals surface area contributed by atoms with E-state index in [0.717, 1.165) is 5.56 Å². The highest BCUT2D eigenvalue weighted by molar-refractivity contribution is 6.30. The Hall–Kier alpha value is -3.24. The smallest absolute Gasteiger partial charge is 0.260 e. The molecule has 5 heteroatoms. The third-order valence-corrected chi connectivity index (χ3v) is 6.42. The lowest BCUT2D eigenvalue weighted by Gasteiger charge is -2.15. The second-order valence-electron chi connectivity index (χ2n) is 7.74. The summed E-state index contributed by atoms with van der Waals surface area (Å²) in [6, 6.07) is 25.9. The van der Waals surface area contributed by atoms with Gasteiger partial charge in [0.25, 0.3) is 5.91 Å². The van der Waals surface area contributed by atoms with E-state index in [2.05, 4.69) is 5.10 Å². The van der Waals surface area contributed by atoms with Crippen molar-refractivity contribution in [1.29, 1.82) is 0 Å². The Morgan fingerprint density at radius 2 is 1.53 bits per heavy atom. The number of nitrogens with zero attached hydrogens (tertiary/aromatic N) is 2. The zero-order valence-electron chi connectivity index (χ0n) is 16.3. The van der Waals surface area contributed by atoms with E-state index >= 15 is 0 Å². The number of hydrazone groups is 1. The molecule has 30 heavy (non-hydrogen) atoms. The Bertz CT molecular complexity index is 1160. The van der Waals surface area contributed by atoms with Crippen molar-refractivity contribution in [3.05, 3.63) is 101 Å². The summed E-state index contributed by atoms with van der Waals surface area (Å²) in [5.74, 6) is -0.952. The van der Waals surface area contributed by atoms with Gasteiger partial charge in [0.2, 0.25) is 0 Å². The monoisotopic (exact) mass is 414 g/mol. The van der Waals surface area contributed by atoms with Gasteiger partial charge in [-0.25, -0.2) is 0 Å². The van der Waals surface area contributed by atoms with Gasteiger partial charge in [0.05, 0.1) is 17.3 Å². The highest BCUT2D eigenvalue weighted by Gasteiger charge is 2.77. The molecular weight excluding hydrogens is 396 g/mol. The minimum absolute atomic E-state index is 0.0339. The summed E-state index contributed by atoms with van der Waals surface area (Å²) in [4.78, 5) is 27.2. The van der Waals surface area contributed by atoms with Gasteiger partial charge in [0.15, 0.2) is 5.78 Å². The van der Waals surface area contributed by atoms with E-state index in [4.69, 9.17) is 11.6 Å². The number of anilines is 1. The lowest BCUT2D eigenvalue weighted by Crippen LogP contribution is -2.32. The van der Waals surface area contributed by atoms with E-state index < -0.39 is 11.3 Å². The van der Waals surface area contributed by atoms with E-state index in [-0.39, 0.29) is 17.6 Å². The predicted octanol–water partition coefficient (Wildman–Crippen LogP) is 5.35. The molecule has 1 fully saturated rings. The van der Waals surface area contributed by atoms with Gasteiger partial charge in [0.1, 0.15) is 5.41 Å². The maximum atomic E-state index is 13.7. The van der Waals surface area contributed by atoms with Crippen molar-refractivity contribution in [2.45, 2.75) is 12.8 Å². The first-order valence-corrected chi connectivity index (χ1v) is 10.2. The highest BCUT2D eigenvalue weighted by Crippen LogP contribution is 2.69. The Kier molecular flexibility index (Phi) is 4.33. The number of halogens is 1. The molecule has 148 valence electrons. The molecule has 1 spiro atoms. The van der Waals surface area contributed by atoms with Crippen molar-refractivity contribution in [2.75, 3.05) is 5.01 Å². The fourth-order valence-electron chi connectivity index (χ4n) is 4.72. The maximum Gasteiger partial charge on any atom is 0.260 e. The molecule has 0 aromatic heterocycles. The van der Waals surface area contributed by atoms with Gasteiger partial charge in [-0.15, -0.1) is 0 Å². The number of hydrogen-bond donors (Lipinski definition) is 0. The minimum Gasteiger partial charge on any atom is -0.294 e. The molecule has 1 aliphatic carbocycles. The summed E-state index contributed by atoms with van der Waals surface area (Å²) in [5, 5.41) is 6.66. The largest absolute Gasteiger partial charge is 0.294 e. The second kappa shape index (κ2) is 6.92. The molecule has 2 aliphatic rings. The number of Topliss-reactive ketones (excluding diaryl/α,β-unsaturated/α-hetero) is 1. The summed E-state index contributed by atoms with van der Waals surface area (Å²) in [6.07, 6.45) is 0. The molecule has 0 bridgehead atoms. The summed E-state index contributed by atoms with van der Waals surface area (Å²) < 4.78 is 0. The molecule has 1 amide bonds. The predicted molar refractivity (Wildman–Crippen MR) is 118 cm³/mol. The standard InChI is InChI=1S/C25H19ClN2O2/c1-16-25(24(30)28(27-16)20-10-6-3-7-11-20)21(17-12-14-19(26)15-13-17)22(25)23(29)18-8-4-2-5-9-18/h2-15,21-22H,1H3/t21-,22+,25+/m0/s1. The number of benzene rings is 3. The van der Waals surface area contributed by atoms with Crippen LogP contribution in [0.15, 0.2) is 90.0 Å². The van der Waals surface area contributed by atoms with Crippen molar-refractivity contribution < 1.29 is 9.59 Å². The topological polar surface area (TPSA) is 49.7 Å². The van der Waals surface area contributed by atoms with Crippen LogP contribution < -0.4 is 5.01 Å². The van der Waals surface area contributed by atoms with Crippen LogP contribution in [0.4, 0.5) is 5.69 Å². The van der Waals surface area contributed by atoms with E-state index in [9.17, 15) is 9.59 Å².